The SMILES string of the molecule is Cc1ccc(Cn2nccc2NC(=O)c2cc(C)c(C)s2)cc1. The van der Waals surface area contributed by atoms with Crippen LogP contribution in [0, 0.1) is 20.8 Å². The minimum Gasteiger partial charge on any atom is -0.306 e. The van der Waals surface area contributed by atoms with Gasteiger partial charge in [0.2, 0.25) is 0 Å². The molecule has 0 spiro atoms. The number of nitrogens with one attached hydrogen (secondary N) is 1. The van der Waals surface area contributed by atoms with E-state index in [1.807, 2.05) is 26.0 Å². The quantitative estimate of drug-likeness (QED) is 0.782. The normalized spacial score (nSPS) is 10.7. The Morgan fingerprint density at radius 2 is 1.91 bits per heavy atom. The van der Waals surface area contributed by atoms with Crippen molar-refractivity contribution in [3.63, 3.8) is 0 Å². The van der Waals surface area contributed by atoms with Gasteiger partial charge in [-0.2, -0.15) is 5.10 Å². The third-order valence-electron chi connectivity index (χ3n) is 3.80. The third-order valence-corrected chi connectivity index (χ3v) is 4.95. The van der Waals surface area contributed by atoms with Gasteiger partial charge in [-0.1, -0.05) is 29.8 Å². The standard InChI is InChI=1S/C18H19N3OS/c1-12-4-6-15(7-5-12)11-21-17(8-9-19-21)20-18(22)16-10-13(2)14(3)23-16/h4-10H,11H2,1-3H3,(H,20,22). The van der Waals surface area contributed by atoms with E-state index in [1.165, 1.54) is 21.8 Å². The lowest BCUT2D eigenvalue weighted by atomic mass is 10.1. The molecule has 3 rings (SSSR count). The van der Waals surface area contributed by atoms with Crippen LogP contribution in [-0.4, -0.2) is 15.7 Å². The Bertz CT molecular complexity index is 811. The first-order chi connectivity index (χ1) is 11.0. The Balaban J connectivity index is 1.75. The summed E-state index contributed by atoms with van der Waals surface area (Å²) in [7, 11) is 0. The van der Waals surface area contributed by atoms with Gasteiger partial charge < -0.3 is 5.32 Å². The van der Waals surface area contributed by atoms with Crippen LogP contribution in [0.15, 0.2) is 42.6 Å². The van der Waals surface area contributed by atoms with Gasteiger partial charge >= 0.3 is 0 Å². The number of hydrogen-bond acceptors (Lipinski definition) is 3. The van der Waals surface area contributed by atoms with E-state index in [4.69, 9.17) is 0 Å². The third kappa shape index (κ3) is 3.51. The van der Waals surface area contributed by atoms with Crippen LogP contribution in [0.1, 0.15) is 31.2 Å². The van der Waals surface area contributed by atoms with Crippen LogP contribution in [0.3, 0.4) is 0 Å². The molecule has 1 amide bonds. The zero-order chi connectivity index (χ0) is 16.4. The van der Waals surface area contributed by atoms with Crippen LogP contribution >= 0.6 is 11.3 Å². The maximum atomic E-state index is 12.4. The minimum absolute atomic E-state index is 0.0862. The molecule has 0 bridgehead atoms. The molecule has 0 atom stereocenters. The molecule has 1 aromatic carbocycles. The summed E-state index contributed by atoms with van der Waals surface area (Å²) in [5.41, 5.74) is 3.53. The second kappa shape index (κ2) is 6.38. The number of rotatable bonds is 4. The molecule has 23 heavy (non-hydrogen) atoms. The summed E-state index contributed by atoms with van der Waals surface area (Å²) in [6, 6.07) is 12.1. The van der Waals surface area contributed by atoms with E-state index in [-0.39, 0.29) is 5.91 Å². The van der Waals surface area contributed by atoms with Gasteiger partial charge in [-0.25, -0.2) is 4.68 Å². The number of amides is 1. The lowest BCUT2D eigenvalue weighted by molar-refractivity contribution is 0.102. The van der Waals surface area contributed by atoms with Crippen molar-refractivity contribution in [2.45, 2.75) is 27.3 Å². The van der Waals surface area contributed by atoms with Gasteiger partial charge in [-0.3, -0.25) is 4.79 Å². The van der Waals surface area contributed by atoms with Crippen molar-refractivity contribution in [1.29, 1.82) is 0 Å². The minimum atomic E-state index is -0.0862. The summed E-state index contributed by atoms with van der Waals surface area (Å²) in [5.74, 6) is 0.621. The molecular formula is C18H19N3OS. The van der Waals surface area contributed by atoms with Crippen molar-refractivity contribution in [2.24, 2.45) is 0 Å². The first kappa shape index (κ1) is 15.5. The van der Waals surface area contributed by atoms with Gasteiger partial charge in [-0.05, 0) is 38.0 Å². The Kier molecular flexibility index (Phi) is 4.30. The molecule has 0 aliphatic heterocycles. The van der Waals surface area contributed by atoms with Gasteiger partial charge in [0.25, 0.3) is 5.91 Å². The lowest BCUT2D eigenvalue weighted by Gasteiger charge is -2.08. The van der Waals surface area contributed by atoms with Crippen LogP contribution in [0.25, 0.3) is 0 Å². The average Bonchev–Trinajstić information content (AvgIpc) is 3.09. The molecular weight excluding hydrogens is 306 g/mol. The fourth-order valence-corrected chi connectivity index (χ4v) is 3.22. The molecule has 5 heteroatoms. The van der Waals surface area contributed by atoms with Crippen molar-refractivity contribution in [3.8, 4) is 0 Å². The van der Waals surface area contributed by atoms with Crippen molar-refractivity contribution in [2.75, 3.05) is 5.32 Å². The number of anilines is 1. The summed E-state index contributed by atoms with van der Waals surface area (Å²) in [4.78, 5) is 14.3. The summed E-state index contributed by atoms with van der Waals surface area (Å²) < 4.78 is 1.80. The Labute approximate surface area is 139 Å². The maximum Gasteiger partial charge on any atom is 0.266 e. The molecule has 0 fully saturated rings. The van der Waals surface area contributed by atoms with Crippen LogP contribution in [0.5, 0.6) is 0 Å². The number of thiophene rings is 1. The predicted octanol–water partition coefficient (Wildman–Crippen LogP) is 4.17. The van der Waals surface area contributed by atoms with Crippen molar-refractivity contribution in [1.82, 2.24) is 9.78 Å². The zero-order valence-electron chi connectivity index (χ0n) is 13.5. The number of hydrogen-bond donors (Lipinski definition) is 1. The highest BCUT2D eigenvalue weighted by Gasteiger charge is 2.13. The van der Waals surface area contributed by atoms with E-state index in [0.717, 1.165) is 16.0 Å². The number of benzene rings is 1. The van der Waals surface area contributed by atoms with E-state index in [9.17, 15) is 4.79 Å². The monoisotopic (exact) mass is 325 g/mol. The van der Waals surface area contributed by atoms with Crippen molar-refractivity contribution in [3.05, 3.63) is 69.0 Å². The van der Waals surface area contributed by atoms with Gasteiger partial charge in [-0.15, -0.1) is 11.3 Å². The Morgan fingerprint density at radius 3 is 2.57 bits per heavy atom. The second-order valence-corrected chi connectivity index (χ2v) is 6.92. The van der Waals surface area contributed by atoms with E-state index in [2.05, 4.69) is 41.6 Å². The van der Waals surface area contributed by atoms with Crippen LogP contribution in [0.2, 0.25) is 0 Å². The summed E-state index contributed by atoms with van der Waals surface area (Å²) in [6.07, 6.45) is 1.70. The van der Waals surface area contributed by atoms with E-state index in [0.29, 0.717) is 12.4 Å². The molecule has 1 N–H and O–H groups in total. The summed E-state index contributed by atoms with van der Waals surface area (Å²) in [6.45, 7) is 6.74. The highest BCUT2D eigenvalue weighted by molar-refractivity contribution is 7.14. The molecule has 3 aromatic rings. The molecule has 0 aliphatic carbocycles. The lowest BCUT2D eigenvalue weighted by Crippen LogP contribution is -2.15. The maximum absolute atomic E-state index is 12.4. The number of carbonyl (C=O) groups is 1. The van der Waals surface area contributed by atoms with E-state index < -0.39 is 0 Å². The molecule has 2 aromatic heterocycles. The molecule has 0 unspecified atom stereocenters. The van der Waals surface area contributed by atoms with Crippen LogP contribution in [-0.2, 0) is 6.54 Å². The highest BCUT2D eigenvalue weighted by Crippen LogP contribution is 2.22. The van der Waals surface area contributed by atoms with Crippen LogP contribution in [0.4, 0.5) is 5.82 Å². The van der Waals surface area contributed by atoms with Crippen LogP contribution < -0.4 is 5.32 Å². The first-order valence-electron chi connectivity index (χ1n) is 7.48. The van der Waals surface area contributed by atoms with Gasteiger partial charge in [0, 0.05) is 10.9 Å². The Hall–Kier alpha value is -2.40. The van der Waals surface area contributed by atoms with Gasteiger partial charge in [0.05, 0.1) is 17.6 Å². The summed E-state index contributed by atoms with van der Waals surface area (Å²) in [5, 5.41) is 7.26. The predicted molar refractivity (Wildman–Crippen MR) is 94.3 cm³/mol. The fraction of sp³-hybridized carbons (Fsp3) is 0.222. The Morgan fingerprint density at radius 1 is 1.17 bits per heavy atom. The topological polar surface area (TPSA) is 46.9 Å². The molecule has 0 radical (unpaired) electrons. The van der Waals surface area contributed by atoms with E-state index in [1.54, 1.807) is 10.9 Å². The number of aromatic nitrogens is 2. The van der Waals surface area contributed by atoms with Gasteiger partial charge in [0.15, 0.2) is 0 Å². The van der Waals surface area contributed by atoms with E-state index >= 15 is 0 Å². The molecule has 0 aliphatic rings. The molecule has 4 nitrogen and oxygen atoms in total. The first-order valence-corrected chi connectivity index (χ1v) is 8.30. The smallest absolute Gasteiger partial charge is 0.266 e. The van der Waals surface area contributed by atoms with Crippen molar-refractivity contribution >= 4 is 23.1 Å². The molecule has 0 saturated carbocycles. The largest absolute Gasteiger partial charge is 0.306 e. The fourth-order valence-electron chi connectivity index (χ4n) is 2.29. The second-order valence-electron chi connectivity index (χ2n) is 5.66. The zero-order valence-corrected chi connectivity index (χ0v) is 14.3. The highest BCUT2D eigenvalue weighted by atomic mass is 32.1. The number of aryl methyl sites for hydroxylation is 3. The average molecular weight is 325 g/mol. The van der Waals surface area contributed by atoms with Crippen molar-refractivity contribution < 1.29 is 4.79 Å². The number of carbonyl (C=O) groups excluding carboxylic acids is 1. The molecule has 118 valence electrons. The molecule has 0 saturated heterocycles. The number of nitrogens with zero attached hydrogens (tertiary/aromatic N) is 2. The summed E-state index contributed by atoms with van der Waals surface area (Å²) >= 11 is 1.51. The molecule has 2 heterocycles. The van der Waals surface area contributed by atoms with Gasteiger partial charge in [0.1, 0.15) is 5.82 Å².